The van der Waals surface area contributed by atoms with Gasteiger partial charge in [0.2, 0.25) is 5.91 Å². The Morgan fingerprint density at radius 1 is 1.18 bits per heavy atom. The highest BCUT2D eigenvalue weighted by molar-refractivity contribution is 5.92. The molecule has 0 radical (unpaired) electrons. The van der Waals surface area contributed by atoms with Crippen LogP contribution in [-0.2, 0) is 14.3 Å². The zero-order chi connectivity index (χ0) is 15.4. The molecule has 118 valence electrons. The third-order valence-electron chi connectivity index (χ3n) is 4.08. The van der Waals surface area contributed by atoms with Gasteiger partial charge < -0.3 is 14.4 Å². The number of likely N-dealkylation sites (tertiary alicyclic amines) is 1. The van der Waals surface area contributed by atoms with E-state index >= 15 is 0 Å². The quantitative estimate of drug-likeness (QED) is 0.806. The largest absolute Gasteiger partial charge is 0.348 e. The molecule has 5 heteroatoms. The van der Waals surface area contributed by atoms with Crippen LogP contribution in [-0.4, -0.2) is 42.9 Å². The molecule has 2 heterocycles. The molecule has 0 spiro atoms. The van der Waals surface area contributed by atoms with Crippen molar-refractivity contribution in [3.05, 3.63) is 41.7 Å². The smallest absolute Gasteiger partial charge is 0.246 e. The van der Waals surface area contributed by atoms with Crippen molar-refractivity contribution in [1.82, 2.24) is 4.90 Å². The van der Waals surface area contributed by atoms with Gasteiger partial charge in [-0.3, -0.25) is 4.79 Å². The minimum absolute atomic E-state index is 0.0124. The van der Waals surface area contributed by atoms with E-state index in [0.29, 0.717) is 13.2 Å². The summed E-state index contributed by atoms with van der Waals surface area (Å²) in [5, 5.41) is 0. The Morgan fingerprint density at radius 2 is 1.91 bits per heavy atom. The van der Waals surface area contributed by atoms with Crippen molar-refractivity contribution in [3.8, 4) is 0 Å². The maximum absolute atomic E-state index is 12.9. The van der Waals surface area contributed by atoms with Gasteiger partial charge in [-0.1, -0.05) is 12.1 Å². The molecule has 22 heavy (non-hydrogen) atoms. The third-order valence-corrected chi connectivity index (χ3v) is 4.08. The first kappa shape index (κ1) is 15.2. The standard InChI is InChI=1S/C17H20FNO3/c18-14-7-4-13(5-8-14)6-9-16(20)19-10-2-1-3-15(19)17-21-11-12-22-17/h4-9,15,17H,1-3,10-12H2. The molecule has 1 atom stereocenters. The minimum Gasteiger partial charge on any atom is -0.348 e. The van der Waals surface area contributed by atoms with Gasteiger partial charge in [-0.05, 0) is 43.0 Å². The van der Waals surface area contributed by atoms with E-state index in [1.807, 2.05) is 4.90 Å². The van der Waals surface area contributed by atoms with Crippen molar-refractivity contribution in [1.29, 1.82) is 0 Å². The molecule has 0 bridgehead atoms. The maximum Gasteiger partial charge on any atom is 0.246 e. The number of hydrogen-bond acceptors (Lipinski definition) is 3. The SMILES string of the molecule is O=C(C=Cc1ccc(F)cc1)N1CCCCC1C1OCCO1. The van der Waals surface area contributed by atoms with Crippen LogP contribution in [0.25, 0.3) is 6.08 Å². The van der Waals surface area contributed by atoms with Crippen molar-refractivity contribution in [2.24, 2.45) is 0 Å². The highest BCUT2D eigenvalue weighted by Gasteiger charge is 2.35. The second-order valence-electron chi connectivity index (χ2n) is 5.59. The van der Waals surface area contributed by atoms with Crippen molar-refractivity contribution in [3.63, 3.8) is 0 Å². The van der Waals surface area contributed by atoms with Gasteiger partial charge in [-0.25, -0.2) is 4.39 Å². The van der Waals surface area contributed by atoms with E-state index in [9.17, 15) is 9.18 Å². The number of piperidine rings is 1. The van der Waals surface area contributed by atoms with Crippen LogP contribution in [0.1, 0.15) is 24.8 Å². The van der Waals surface area contributed by atoms with Crippen LogP contribution in [0, 0.1) is 5.82 Å². The number of halogens is 1. The van der Waals surface area contributed by atoms with Crippen molar-refractivity contribution in [2.75, 3.05) is 19.8 Å². The summed E-state index contributed by atoms with van der Waals surface area (Å²) in [7, 11) is 0. The van der Waals surface area contributed by atoms with Crippen LogP contribution >= 0.6 is 0 Å². The normalized spacial score (nSPS) is 23.3. The number of benzene rings is 1. The average molecular weight is 305 g/mol. The van der Waals surface area contributed by atoms with Gasteiger partial charge in [0.15, 0.2) is 6.29 Å². The highest BCUT2D eigenvalue weighted by Crippen LogP contribution is 2.24. The molecular weight excluding hydrogens is 285 g/mol. The van der Waals surface area contributed by atoms with Gasteiger partial charge in [0.1, 0.15) is 5.82 Å². The molecule has 2 aliphatic rings. The summed E-state index contributed by atoms with van der Waals surface area (Å²) in [6.45, 7) is 1.91. The predicted molar refractivity (Wildman–Crippen MR) is 80.5 cm³/mol. The van der Waals surface area contributed by atoms with Gasteiger partial charge in [0.05, 0.1) is 19.3 Å². The Morgan fingerprint density at radius 3 is 2.64 bits per heavy atom. The first-order valence-corrected chi connectivity index (χ1v) is 7.71. The second kappa shape index (κ2) is 7.03. The Bertz CT molecular complexity index is 537. The second-order valence-corrected chi connectivity index (χ2v) is 5.59. The summed E-state index contributed by atoms with van der Waals surface area (Å²) in [4.78, 5) is 14.3. The van der Waals surface area contributed by atoms with Crippen molar-refractivity contribution in [2.45, 2.75) is 31.6 Å². The summed E-state index contributed by atoms with van der Waals surface area (Å²) in [5.74, 6) is -0.330. The van der Waals surface area contributed by atoms with Gasteiger partial charge >= 0.3 is 0 Å². The molecule has 2 fully saturated rings. The number of carbonyl (C=O) groups is 1. The van der Waals surface area contributed by atoms with E-state index in [1.54, 1.807) is 24.3 Å². The molecule has 0 N–H and O–H groups in total. The minimum atomic E-state index is -0.302. The Balaban J connectivity index is 1.67. The molecule has 2 aliphatic heterocycles. The van der Waals surface area contributed by atoms with E-state index in [4.69, 9.17) is 9.47 Å². The van der Waals surface area contributed by atoms with Gasteiger partial charge in [-0.15, -0.1) is 0 Å². The predicted octanol–water partition coefficient (Wildman–Crippen LogP) is 2.59. The molecule has 1 aromatic rings. The van der Waals surface area contributed by atoms with Gasteiger partial charge in [-0.2, -0.15) is 0 Å². The van der Waals surface area contributed by atoms with Crippen LogP contribution in [0.2, 0.25) is 0 Å². The number of carbonyl (C=O) groups excluding carboxylic acids is 1. The lowest BCUT2D eigenvalue weighted by Gasteiger charge is -2.37. The molecule has 0 saturated carbocycles. The molecule has 2 saturated heterocycles. The summed E-state index contributed by atoms with van der Waals surface area (Å²) >= 11 is 0. The van der Waals surface area contributed by atoms with Gasteiger partial charge in [0, 0.05) is 12.6 Å². The van der Waals surface area contributed by atoms with Crippen LogP contribution in [0.3, 0.4) is 0 Å². The van der Waals surface area contributed by atoms with Crippen LogP contribution in [0.4, 0.5) is 4.39 Å². The lowest BCUT2D eigenvalue weighted by molar-refractivity contribution is -0.145. The van der Waals surface area contributed by atoms with Crippen LogP contribution < -0.4 is 0 Å². The van der Waals surface area contributed by atoms with E-state index in [1.165, 1.54) is 12.1 Å². The summed E-state index contributed by atoms with van der Waals surface area (Å²) < 4.78 is 24.0. The van der Waals surface area contributed by atoms with Crippen LogP contribution in [0.5, 0.6) is 0 Å². The fraction of sp³-hybridized carbons (Fsp3) is 0.471. The fourth-order valence-corrected chi connectivity index (χ4v) is 2.95. The lowest BCUT2D eigenvalue weighted by atomic mass is 10.0. The Labute approximate surface area is 129 Å². The number of hydrogen-bond donors (Lipinski definition) is 0. The number of rotatable bonds is 3. The molecule has 0 aliphatic carbocycles. The van der Waals surface area contributed by atoms with E-state index in [0.717, 1.165) is 31.4 Å². The first-order chi connectivity index (χ1) is 10.7. The molecular formula is C17H20FNO3. The van der Waals surface area contributed by atoms with Gasteiger partial charge in [0.25, 0.3) is 0 Å². The Hall–Kier alpha value is -1.72. The van der Waals surface area contributed by atoms with E-state index < -0.39 is 0 Å². The number of nitrogens with zero attached hydrogens (tertiary/aromatic N) is 1. The van der Waals surface area contributed by atoms with E-state index in [-0.39, 0.29) is 24.1 Å². The summed E-state index contributed by atoms with van der Waals surface area (Å²) in [6, 6.07) is 6.05. The van der Waals surface area contributed by atoms with Crippen molar-refractivity contribution >= 4 is 12.0 Å². The Kier molecular flexibility index (Phi) is 4.85. The fourth-order valence-electron chi connectivity index (χ4n) is 2.95. The zero-order valence-electron chi connectivity index (χ0n) is 12.4. The summed E-state index contributed by atoms with van der Waals surface area (Å²) in [5.41, 5.74) is 0.802. The molecule has 1 amide bonds. The molecule has 1 aromatic carbocycles. The van der Waals surface area contributed by atoms with Crippen molar-refractivity contribution < 1.29 is 18.7 Å². The lowest BCUT2D eigenvalue weighted by Crippen LogP contribution is -2.49. The van der Waals surface area contributed by atoms with Crippen LogP contribution in [0.15, 0.2) is 30.3 Å². The molecule has 3 rings (SSSR count). The first-order valence-electron chi connectivity index (χ1n) is 7.71. The van der Waals surface area contributed by atoms with E-state index in [2.05, 4.69) is 0 Å². The molecule has 1 unspecified atom stereocenters. The maximum atomic E-state index is 12.9. The zero-order valence-corrected chi connectivity index (χ0v) is 12.4. The number of amides is 1. The highest BCUT2D eigenvalue weighted by atomic mass is 19.1. The average Bonchev–Trinajstić information content (AvgIpc) is 3.08. The molecule has 4 nitrogen and oxygen atoms in total. The monoisotopic (exact) mass is 305 g/mol. The number of ether oxygens (including phenoxy) is 2. The third kappa shape index (κ3) is 3.54. The topological polar surface area (TPSA) is 38.8 Å². The molecule has 0 aromatic heterocycles. The summed E-state index contributed by atoms with van der Waals surface area (Å²) in [6.07, 6.45) is 5.94.